The van der Waals surface area contributed by atoms with Gasteiger partial charge in [-0.15, -0.1) is 0 Å². The maximum Gasteiger partial charge on any atom is 0.136 e. The maximum absolute atomic E-state index is 6.67. The lowest BCUT2D eigenvalue weighted by atomic mass is 9.70. The lowest BCUT2D eigenvalue weighted by molar-refractivity contribution is 0.669. The van der Waals surface area contributed by atoms with Gasteiger partial charge in [0, 0.05) is 27.7 Å². The van der Waals surface area contributed by atoms with Crippen LogP contribution in [0.1, 0.15) is 22.3 Å². The summed E-state index contributed by atoms with van der Waals surface area (Å²) in [7, 11) is 0. The Labute approximate surface area is 376 Å². The van der Waals surface area contributed by atoms with E-state index in [0.29, 0.717) is 0 Å². The first-order valence-electron chi connectivity index (χ1n) is 22.5. The van der Waals surface area contributed by atoms with E-state index in [2.05, 4.69) is 241 Å². The molecule has 0 radical (unpaired) electrons. The third kappa shape index (κ3) is 5.17. The van der Waals surface area contributed by atoms with E-state index in [1.807, 2.05) is 0 Å². The van der Waals surface area contributed by atoms with Crippen LogP contribution in [0.2, 0.25) is 0 Å². The van der Waals surface area contributed by atoms with Crippen LogP contribution in [0.3, 0.4) is 0 Å². The molecule has 14 rings (SSSR count). The van der Waals surface area contributed by atoms with Gasteiger partial charge in [-0.05, 0) is 137 Å². The summed E-state index contributed by atoms with van der Waals surface area (Å²) >= 11 is 0. The van der Waals surface area contributed by atoms with Gasteiger partial charge in [0.05, 0.1) is 11.1 Å². The molecule has 0 aliphatic heterocycles. The van der Waals surface area contributed by atoms with E-state index in [4.69, 9.17) is 4.42 Å². The van der Waals surface area contributed by atoms with Crippen LogP contribution in [0.4, 0.5) is 17.1 Å². The average Bonchev–Trinajstić information content (AvgIpc) is 3.99. The molecule has 65 heavy (non-hydrogen) atoms. The molecule has 11 aromatic carbocycles. The molecule has 2 heteroatoms. The normalized spacial score (nSPS) is 13.0. The number of furan rings is 1. The molecule has 0 unspecified atom stereocenters. The van der Waals surface area contributed by atoms with Gasteiger partial charge in [0.25, 0.3) is 0 Å². The van der Waals surface area contributed by atoms with Gasteiger partial charge in [0.2, 0.25) is 0 Å². The predicted octanol–water partition coefficient (Wildman–Crippen LogP) is 17.0. The van der Waals surface area contributed by atoms with Crippen molar-refractivity contribution in [3.63, 3.8) is 0 Å². The number of benzene rings is 11. The van der Waals surface area contributed by atoms with E-state index in [9.17, 15) is 0 Å². The zero-order valence-corrected chi connectivity index (χ0v) is 35.4. The van der Waals surface area contributed by atoms with Crippen molar-refractivity contribution >= 4 is 60.5 Å². The Bertz CT molecular complexity index is 3860. The van der Waals surface area contributed by atoms with Crippen LogP contribution < -0.4 is 4.90 Å². The molecule has 1 heterocycles. The minimum atomic E-state index is -0.475. The smallest absolute Gasteiger partial charge is 0.136 e. The molecule has 1 aromatic heterocycles. The number of nitrogens with zero attached hydrogens (tertiary/aromatic N) is 1. The first-order chi connectivity index (χ1) is 32.2. The summed E-state index contributed by atoms with van der Waals surface area (Å²) in [5.41, 5.74) is 19.6. The highest BCUT2D eigenvalue weighted by Crippen LogP contribution is 2.63. The fourth-order valence-corrected chi connectivity index (χ4v) is 11.5. The van der Waals surface area contributed by atoms with E-state index >= 15 is 0 Å². The second-order valence-corrected chi connectivity index (χ2v) is 17.6. The van der Waals surface area contributed by atoms with Crippen molar-refractivity contribution in [2.24, 2.45) is 0 Å². The Hall–Kier alpha value is -8.46. The molecule has 1 spiro atoms. The molecule has 2 aliphatic rings. The molecule has 0 N–H and O–H groups in total. The molecule has 2 nitrogen and oxygen atoms in total. The summed E-state index contributed by atoms with van der Waals surface area (Å²) in [4.78, 5) is 2.49. The van der Waals surface area contributed by atoms with Crippen LogP contribution >= 0.6 is 0 Å². The van der Waals surface area contributed by atoms with Crippen molar-refractivity contribution in [1.82, 2.24) is 0 Å². The maximum atomic E-state index is 6.67. The van der Waals surface area contributed by atoms with Gasteiger partial charge < -0.3 is 9.32 Å². The van der Waals surface area contributed by atoms with Crippen molar-refractivity contribution in [3.05, 3.63) is 259 Å². The summed E-state index contributed by atoms with van der Waals surface area (Å²) in [5.74, 6) is 0. The third-order valence-electron chi connectivity index (χ3n) is 14.2. The lowest BCUT2D eigenvalue weighted by Crippen LogP contribution is -2.26. The van der Waals surface area contributed by atoms with Gasteiger partial charge >= 0.3 is 0 Å². The summed E-state index contributed by atoms with van der Waals surface area (Å²) in [6, 6.07) is 87.2. The Kier molecular flexibility index (Phi) is 7.64. The molecule has 0 fully saturated rings. The van der Waals surface area contributed by atoms with E-state index in [0.717, 1.165) is 55.7 Å². The number of anilines is 3. The zero-order valence-electron chi connectivity index (χ0n) is 35.4. The van der Waals surface area contributed by atoms with Crippen LogP contribution in [0.15, 0.2) is 241 Å². The standard InChI is InChI=1S/C63H39NO/c1-2-16-41-35-45(32-31-40(41)15-1)42-19-13-20-46(36-42)64(59-29-12-8-24-52(59)53-25-14-30-60-62(53)54-37-43-17-3-4-18-44(43)38-61(54)65-60)47-33-34-51-50-23-7-11-28-57(50)63(58(51)39-47)55-26-9-5-21-48(55)49-22-6-10-27-56(49)63/h1-39H. The highest BCUT2D eigenvalue weighted by molar-refractivity contribution is 6.16. The molecular weight excluding hydrogens is 787 g/mol. The summed E-state index contributed by atoms with van der Waals surface area (Å²) < 4.78 is 6.67. The molecule has 0 atom stereocenters. The van der Waals surface area contributed by atoms with Gasteiger partial charge in [0.1, 0.15) is 11.2 Å². The molecule has 2 aliphatic carbocycles. The minimum absolute atomic E-state index is 0.475. The van der Waals surface area contributed by atoms with Crippen molar-refractivity contribution in [2.75, 3.05) is 4.90 Å². The van der Waals surface area contributed by atoms with Crippen LogP contribution in [0, 0.1) is 0 Å². The fourth-order valence-electron chi connectivity index (χ4n) is 11.5. The fraction of sp³-hybridized carbons (Fsp3) is 0.0159. The molecule has 0 saturated carbocycles. The number of hydrogen-bond donors (Lipinski definition) is 0. The first-order valence-corrected chi connectivity index (χ1v) is 22.5. The number of rotatable bonds is 5. The quantitative estimate of drug-likeness (QED) is 0.172. The van der Waals surface area contributed by atoms with Gasteiger partial charge in [-0.25, -0.2) is 0 Å². The molecule has 302 valence electrons. The van der Waals surface area contributed by atoms with Gasteiger partial charge in [-0.2, -0.15) is 0 Å². The van der Waals surface area contributed by atoms with Gasteiger partial charge in [0.15, 0.2) is 0 Å². The average molecular weight is 826 g/mol. The topological polar surface area (TPSA) is 16.4 Å². The summed E-state index contributed by atoms with van der Waals surface area (Å²) in [6.45, 7) is 0. The van der Waals surface area contributed by atoms with Crippen LogP contribution in [-0.2, 0) is 5.41 Å². The second-order valence-electron chi connectivity index (χ2n) is 17.6. The van der Waals surface area contributed by atoms with Crippen molar-refractivity contribution in [2.45, 2.75) is 5.41 Å². The summed E-state index contributed by atoms with van der Waals surface area (Å²) in [5, 5.41) is 7.06. The van der Waals surface area contributed by atoms with E-state index in [-0.39, 0.29) is 0 Å². The highest BCUT2D eigenvalue weighted by Gasteiger charge is 2.51. The Morgan fingerprint density at radius 2 is 0.846 bits per heavy atom. The predicted molar refractivity (Wildman–Crippen MR) is 271 cm³/mol. The van der Waals surface area contributed by atoms with Crippen LogP contribution in [-0.4, -0.2) is 0 Å². The second kappa shape index (κ2) is 13.8. The highest BCUT2D eigenvalue weighted by atomic mass is 16.3. The minimum Gasteiger partial charge on any atom is -0.456 e. The number of para-hydroxylation sites is 1. The van der Waals surface area contributed by atoms with Crippen LogP contribution in [0.5, 0.6) is 0 Å². The number of fused-ring (bicyclic) bond motifs is 15. The third-order valence-corrected chi connectivity index (χ3v) is 14.2. The van der Waals surface area contributed by atoms with Gasteiger partial charge in [-0.1, -0.05) is 182 Å². The molecule has 0 bridgehead atoms. The van der Waals surface area contributed by atoms with Crippen molar-refractivity contribution in [3.8, 4) is 44.5 Å². The molecular formula is C63H39NO. The largest absolute Gasteiger partial charge is 0.456 e. The summed E-state index contributed by atoms with van der Waals surface area (Å²) in [6.07, 6.45) is 0. The Morgan fingerprint density at radius 3 is 1.57 bits per heavy atom. The van der Waals surface area contributed by atoms with E-state index < -0.39 is 5.41 Å². The molecule has 0 amide bonds. The van der Waals surface area contributed by atoms with E-state index in [1.54, 1.807) is 0 Å². The van der Waals surface area contributed by atoms with E-state index in [1.165, 1.54) is 71.6 Å². The lowest BCUT2D eigenvalue weighted by Gasteiger charge is -2.33. The van der Waals surface area contributed by atoms with Crippen molar-refractivity contribution in [1.29, 1.82) is 0 Å². The molecule has 12 aromatic rings. The Balaban J connectivity index is 1.04. The zero-order chi connectivity index (χ0) is 42.6. The number of hydrogen-bond acceptors (Lipinski definition) is 2. The monoisotopic (exact) mass is 825 g/mol. The van der Waals surface area contributed by atoms with Crippen LogP contribution in [0.25, 0.3) is 88.0 Å². The first kappa shape index (κ1) is 36.1. The molecule has 0 saturated heterocycles. The Morgan fingerprint density at radius 1 is 0.308 bits per heavy atom. The van der Waals surface area contributed by atoms with Gasteiger partial charge in [-0.3, -0.25) is 0 Å². The SMILES string of the molecule is c1cc(-c2ccc3ccccc3c2)cc(N(c2ccc3c(c2)C2(c4ccccc4-c4ccccc42)c2ccccc2-3)c2ccccc2-c2cccc3oc4cc5ccccc5cc4c23)c1. The van der Waals surface area contributed by atoms with Crippen molar-refractivity contribution < 1.29 is 4.42 Å².